The van der Waals surface area contributed by atoms with Crippen LogP contribution in [0, 0.1) is 11.7 Å². The standard InChI is InChI=1S/C13H16BrFN2O2/c1-17(7-12(18)8-2-3-8)13(19)16-11-6-9(15)4-5-10(11)14/h4-6,8,12,18H,2-3,7H2,1H3,(H,16,19). The Morgan fingerprint density at radius 3 is 2.95 bits per heavy atom. The lowest BCUT2D eigenvalue weighted by atomic mass is 10.2. The van der Waals surface area contributed by atoms with E-state index in [1.807, 2.05) is 0 Å². The Hall–Kier alpha value is -1.14. The monoisotopic (exact) mass is 330 g/mol. The second kappa shape index (κ2) is 5.88. The number of carbonyl (C=O) groups is 1. The second-order valence-corrected chi connectivity index (χ2v) is 5.69. The van der Waals surface area contributed by atoms with E-state index in [0.29, 0.717) is 16.1 Å². The summed E-state index contributed by atoms with van der Waals surface area (Å²) in [7, 11) is 1.61. The molecular formula is C13H16BrFN2O2. The fourth-order valence-corrected chi connectivity index (χ4v) is 2.14. The maximum Gasteiger partial charge on any atom is 0.321 e. The summed E-state index contributed by atoms with van der Waals surface area (Å²) < 4.78 is 13.7. The Kier molecular flexibility index (Phi) is 4.42. The van der Waals surface area contributed by atoms with Crippen molar-refractivity contribution < 1.29 is 14.3 Å². The lowest BCUT2D eigenvalue weighted by Crippen LogP contribution is -2.38. The average Bonchev–Trinajstić information content (AvgIpc) is 3.17. The van der Waals surface area contributed by atoms with Gasteiger partial charge in [0.2, 0.25) is 0 Å². The lowest BCUT2D eigenvalue weighted by Gasteiger charge is -2.21. The normalized spacial score (nSPS) is 16.0. The molecular weight excluding hydrogens is 315 g/mol. The van der Waals surface area contributed by atoms with Crippen LogP contribution >= 0.6 is 15.9 Å². The number of carbonyl (C=O) groups excluding carboxylic acids is 1. The van der Waals surface area contributed by atoms with E-state index in [1.165, 1.54) is 23.1 Å². The van der Waals surface area contributed by atoms with E-state index in [9.17, 15) is 14.3 Å². The topological polar surface area (TPSA) is 52.6 Å². The van der Waals surface area contributed by atoms with Crippen molar-refractivity contribution >= 4 is 27.6 Å². The van der Waals surface area contributed by atoms with Gasteiger partial charge in [-0.25, -0.2) is 9.18 Å². The number of hydrogen-bond acceptors (Lipinski definition) is 2. The largest absolute Gasteiger partial charge is 0.391 e. The van der Waals surface area contributed by atoms with Gasteiger partial charge in [-0.2, -0.15) is 0 Å². The molecule has 0 heterocycles. The molecule has 104 valence electrons. The number of rotatable bonds is 4. The predicted octanol–water partition coefficient (Wildman–Crippen LogP) is 2.82. The number of aliphatic hydroxyl groups excluding tert-OH is 1. The van der Waals surface area contributed by atoms with Crippen molar-refractivity contribution in [3.8, 4) is 0 Å². The van der Waals surface area contributed by atoms with Gasteiger partial charge in [-0.15, -0.1) is 0 Å². The first-order valence-electron chi connectivity index (χ1n) is 6.12. The molecule has 1 fully saturated rings. The summed E-state index contributed by atoms with van der Waals surface area (Å²) in [4.78, 5) is 13.3. The van der Waals surface area contributed by atoms with Gasteiger partial charge in [0.05, 0.1) is 11.8 Å². The van der Waals surface area contributed by atoms with Crippen LogP contribution in [-0.4, -0.2) is 35.7 Å². The van der Waals surface area contributed by atoms with Gasteiger partial charge in [-0.3, -0.25) is 0 Å². The van der Waals surface area contributed by atoms with E-state index < -0.39 is 11.9 Å². The molecule has 2 N–H and O–H groups in total. The van der Waals surface area contributed by atoms with Gasteiger partial charge in [-0.05, 0) is 52.9 Å². The third kappa shape index (κ3) is 3.91. The molecule has 0 bridgehead atoms. The highest BCUT2D eigenvalue weighted by molar-refractivity contribution is 9.10. The predicted molar refractivity (Wildman–Crippen MR) is 74.5 cm³/mol. The van der Waals surface area contributed by atoms with Crippen LogP contribution in [-0.2, 0) is 0 Å². The minimum atomic E-state index is -0.480. The number of amides is 2. The molecule has 0 aromatic heterocycles. The molecule has 0 radical (unpaired) electrons. The molecule has 1 saturated carbocycles. The number of likely N-dealkylation sites (N-methyl/N-ethyl adjacent to an activating group) is 1. The molecule has 2 rings (SSSR count). The third-order valence-corrected chi connectivity index (χ3v) is 3.84. The van der Waals surface area contributed by atoms with E-state index in [-0.39, 0.29) is 12.6 Å². The Morgan fingerprint density at radius 2 is 2.32 bits per heavy atom. The van der Waals surface area contributed by atoms with Crippen LogP contribution in [0.4, 0.5) is 14.9 Å². The maximum absolute atomic E-state index is 13.1. The Bertz CT molecular complexity index is 480. The average molecular weight is 331 g/mol. The van der Waals surface area contributed by atoms with E-state index in [2.05, 4.69) is 21.2 Å². The number of anilines is 1. The summed E-state index contributed by atoms with van der Waals surface area (Å²) in [6, 6.07) is 3.71. The van der Waals surface area contributed by atoms with Crippen LogP contribution < -0.4 is 5.32 Å². The first-order chi connectivity index (χ1) is 8.97. The number of hydrogen-bond donors (Lipinski definition) is 2. The summed E-state index contributed by atoms with van der Waals surface area (Å²) in [6.07, 6.45) is 1.56. The molecule has 6 heteroatoms. The van der Waals surface area contributed by atoms with E-state index >= 15 is 0 Å². The van der Waals surface area contributed by atoms with E-state index in [4.69, 9.17) is 0 Å². The number of urea groups is 1. The Morgan fingerprint density at radius 1 is 1.63 bits per heavy atom. The first kappa shape index (κ1) is 14.3. The molecule has 0 aliphatic heterocycles. The van der Waals surface area contributed by atoms with Crippen LogP contribution in [0.1, 0.15) is 12.8 Å². The number of aliphatic hydroxyl groups is 1. The highest BCUT2D eigenvalue weighted by Crippen LogP contribution is 2.32. The summed E-state index contributed by atoms with van der Waals surface area (Å²) >= 11 is 3.24. The third-order valence-electron chi connectivity index (χ3n) is 3.14. The zero-order chi connectivity index (χ0) is 14.0. The molecule has 19 heavy (non-hydrogen) atoms. The molecule has 1 aromatic rings. The van der Waals surface area contributed by atoms with Gasteiger partial charge in [-0.1, -0.05) is 0 Å². The minimum Gasteiger partial charge on any atom is -0.391 e. The van der Waals surface area contributed by atoms with Crippen molar-refractivity contribution in [2.45, 2.75) is 18.9 Å². The maximum atomic E-state index is 13.1. The van der Waals surface area contributed by atoms with Crippen LogP contribution in [0.25, 0.3) is 0 Å². The van der Waals surface area contributed by atoms with E-state index in [1.54, 1.807) is 7.05 Å². The summed E-state index contributed by atoms with van der Waals surface area (Å²) in [5.41, 5.74) is 0.373. The Labute approximate surface area is 119 Å². The molecule has 1 atom stereocenters. The highest BCUT2D eigenvalue weighted by Gasteiger charge is 2.31. The molecule has 1 unspecified atom stereocenters. The van der Waals surface area contributed by atoms with Gasteiger partial charge in [0, 0.05) is 18.1 Å². The van der Waals surface area contributed by atoms with Gasteiger partial charge < -0.3 is 15.3 Å². The van der Waals surface area contributed by atoms with Crippen molar-refractivity contribution in [1.82, 2.24) is 4.90 Å². The number of halogens is 2. The lowest BCUT2D eigenvalue weighted by molar-refractivity contribution is 0.117. The van der Waals surface area contributed by atoms with Crippen molar-refractivity contribution in [3.63, 3.8) is 0 Å². The first-order valence-corrected chi connectivity index (χ1v) is 6.92. The van der Waals surface area contributed by atoms with Crippen molar-refractivity contribution in [3.05, 3.63) is 28.5 Å². The smallest absolute Gasteiger partial charge is 0.321 e. The molecule has 1 aliphatic carbocycles. The van der Waals surface area contributed by atoms with Crippen LogP contribution in [0.5, 0.6) is 0 Å². The number of benzene rings is 1. The van der Waals surface area contributed by atoms with Crippen LogP contribution in [0.15, 0.2) is 22.7 Å². The minimum absolute atomic E-state index is 0.281. The van der Waals surface area contributed by atoms with Crippen LogP contribution in [0.3, 0.4) is 0 Å². The van der Waals surface area contributed by atoms with Crippen molar-refractivity contribution in [1.29, 1.82) is 0 Å². The summed E-state index contributed by atoms with van der Waals surface area (Å²) in [5, 5.41) is 12.4. The fraction of sp³-hybridized carbons (Fsp3) is 0.462. The SMILES string of the molecule is CN(CC(O)C1CC1)C(=O)Nc1cc(F)ccc1Br. The molecule has 4 nitrogen and oxygen atoms in total. The molecule has 1 aromatic carbocycles. The zero-order valence-electron chi connectivity index (χ0n) is 10.6. The van der Waals surface area contributed by atoms with Gasteiger partial charge in [0.25, 0.3) is 0 Å². The van der Waals surface area contributed by atoms with Gasteiger partial charge in [0.15, 0.2) is 0 Å². The fourth-order valence-electron chi connectivity index (χ4n) is 1.80. The Balaban J connectivity index is 1.93. The van der Waals surface area contributed by atoms with Gasteiger partial charge >= 0.3 is 6.03 Å². The summed E-state index contributed by atoms with van der Waals surface area (Å²) in [6.45, 7) is 0.281. The molecule has 0 spiro atoms. The van der Waals surface area contributed by atoms with Gasteiger partial charge in [0.1, 0.15) is 5.82 Å². The van der Waals surface area contributed by atoms with Crippen LogP contribution in [0.2, 0.25) is 0 Å². The highest BCUT2D eigenvalue weighted by atomic mass is 79.9. The molecule has 1 aliphatic rings. The second-order valence-electron chi connectivity index (χ2n) is 4.84. The zero-order valence-corrected chi connectivity index (χ0v) is 12.2. The van der Waals surface area contributed by atoms with Crippen molar-refractivity contribution in [2.24, 2.45) is 5.92 Å². The number of nitrogens with zero attached hydrogens (tertiary/aromatic N) is 1. The van der Waals surface area contributed by atoms with E-state index in [0.717, 1.165) is 12.8 Å². The summed E-state index contributed by atoms with van der Waals surface area (Å²) in [5.74, 6) is -0.102. The van der Waals surface area contributed by atoms with Crippen molar-refractivity contribution in [2.75, 3.05) is 18.9 Å². The molecule has 0 saturated heterocycles. The number of nitrogens with one attached hydrogen (secondary N) is 1. The molecule has 2 amide bonds. The quantitative estimate of drug-likeness (QED) is 0.891.